The monoisotopic (exact) mass is 328 g/mol. The molecule has 0 saturated carbocycles. The second kappa shape index (κ2) is 6.98. The lowest BCUT2D eigenvalue weighted by molar-refractivity contribution is -0.0169. The van der Waals surface area contributed by atoms with Crippen molar-refractivity contribution in [1.82, 2.24) is 20.0 Å². The molecule has 1 aromatic heterocycles. The van der Waals surface area contributed by atoms with Crippen LogP contribution in [-0.4, -0.2) is 59.0 Å². The number of hydrogen-bond donors (Lipinski definition) is 1. The lowest BCUT2D eigenvalue weighted by Crippen LogP contribution is -2.56. The van der Waals surface area contributed by atoms with Crippen LogP contribution >= 0.6 is 11.6 Å². The van der Waals surface area contributed by atoms with E-state index in [2.05, 4.69) is 29.2 Å². The molecule has 1 amide bonds. The maximum Gasteiger partial charge on any atom is 0.256 e. The van der Waals surface area contributed by atoms with Gasteiger partial charge >= 0.3 is 0 Å². The number of morpholine rings is 1. The number of hydrogen-bond acceptors (Lipinski definition) is 4. The van der Waals surface area contributed by atoms with Gasteiger partial charge in [0.25, 0.3) is 5.91 Å². The molecule has 1 aromatic rings. The van der Waals surface area contributed by atoms with Crippen molar-refractivity contribution in [3.63, 3.8) is 0 Å². The normalized spacial score (nSPS) is 19.0. The number of rotatable bonds is 5. The smallest absolute Gasteiger partial charge is 0.256 e. The van der Waals surface area contributed by atoms with Crippen LogP contribution in [-0.2, 0) is 11.8 Å². The summed E-state index contributed by atoms with van der Waals surface area (Å²) < 4.78 is 6.93. The number of nitrogens with zero attached hydrogens (tertiary/aromatic N) is 3. The molecule has 1 aliphatic rings. The standard InChI is InChI=1S/C15H25ClN4O2/c1-5-15(3,20-6-8-22-9-7-20)10-17-14(21)12-11(2)18-19(4)13(12)16/h5-10H2,1-4H3,(H,17,21)/t15-/m0/s1. The Kier molecular flexibility index (Phi) is 5.47. The summed E-state index contributed by atoms with van der Waals surface area (Å²) in [5, 5.41) is 7.58. The van der Waals surface area contributed by atoms with Gasteiger partial charge in [0, 0.05) is 32.2 Å². The van der Waals surface area contributed by atoms with E-state index in [-0.39, 0.29) is 11.4 Å². The molecule has 22 heavy (non-hydrogen) atoms. The van der Waals surface area contributed by atoms with Crippen LogP contribution < -0.4 is 5.32 Å². The highest BCUT2D eigenvalue weighted by molar-refractivity contribution is 6.33. The predicted octanol–water partition coefficient (Wildman–Crippen LogP) is 1.61. The van der Waals surface area contributed by atoms with E-state index in [4.69, 9.17) is 16.3 Å². The van der Waals surface area contributed by atoms with Gasteiger partial charge in [-0.25, -0.2) is 0 Å². The van der Waals surface area contributed by atoms with Gasteiger partial charge in [-0.3, -0.25) is 14.4 Å². The average molecular weight is 329 g/mol. The Morgan fingerprint density at radius 3 is 2.59 bits per heavy atom. The molecule has 1 atom stereocenters. The lowest BCUT2D eigenvalue weighted by atomic mass is 9.95. The van der Waals surface area contributed by atoms with Crippen LogP contribution in [0.2, 0.25) is 5.15 Å². The molecule has 2 heterocycles. The second-order valence-electron chi connectivity index (χ2n) is 6.01. The zero-order valence-electron chi connectivity index (χ0n) is 13.8. The van der Waals surface area contributed by atoms with Crippen molar-refractivity contribution in [2.45, 2.75) is 32.7 Å². The highest BCUT2D eigenvalue weighted by atomic mass is 35.5. The number of carbonyl (C=O) groups excluding carboxylic acids is 1. The summed E-state index contributed by atoms with van der Waals surface area (Å²) in [6.07, 6.45) is 0.951. The highest BCUT2D eigenvalue weighted by Crippen LogP contribution is 2.22. The van der Waals surface area contributed by atoms with Crippen LogP contribution in [0.15, 0.2) is 0 Å². The van der Waals surface area contributed by atoms with E-state index in [1.165, 1.54) is 4.68 Å². The number of halogens is 1. The molecular formula is C15H25ClN4O2. The fraction of sp³-hybridized carbons (Fsp3) is 0.733. The second-order valence-corrected chi connectivity index (χ2v) is 6.37. The van der Waals surface area contributed by atoms with Crippen LogP contribution in [0.3, 0.4) is 0 Å². The number of aryl methyl sites for hydroxylation is 2. The summed E-state index contributed by atoms with van der Waals surface area (Å²) in [6.45, 7) is 9.98. The molecule has 124 valence electrons. The highest BCUT2D eigenvalue weighted by Gasteiger charge is 2.32. The average Bonchev–Trinajstić information content (AvgIpc) is 2.78. The Morgan fingerprint density at radius 1 is 1.45 bits per heavy atom. The molecule has 2 rings (SSSR count). The van der Waals surface area contributed by atoms with Crippen molar-refractivity contribution in [2.24, 2.45) is 7.05 Å². The van der Waals surface area contributed by atoms with Crippen LogP contribution in [0.1, 0.15) is 36.3 Å². The molecule has 0 unspecified atom stereocenters. The maximum atomic E-state index is 12.5. The molecule has 1 N–H and O–H groups in total. The van der Waals surface area contributed by atoms with E-state index in [9.17, 15) is 4.79 Å². The molecule has 0 bridgehead atoms. The largest absolute Gasteiger partial charge is 0.379 e. The molecule has 7 heteroatoms. The number of nitrogens with one attached hydrogen (secondary N) is 1. The van der Waals surface area contributed by atoms with E-state index in [0.717, 1.165) is 32.7 Å². The Bertz CT molecular complexity index is 540. The predicted molar refractivity (Wildman–Crippen MR) is 86.4 cm³/mol. The third kappa shape index (κ3) is 3.45. The zero-order valence-corrected chi connectivity index (χ0v) is 14.5. The first-order valence-corrected chi connectivity index (χ1v) is 8.07. The minimum atomic E-state index is -0.163. The Morgan fingerprint density at radius 2 is 2.09 bits per heavy atom. The number of aromatic nitrogens is 2. The van der Waals surface area contributed by atoms with Gasteiger partial charge in [0.1, 0.15) is 5.15 Å². The topological polar surface area (TPSA) is 59.4 Å². The van der Waals surface area contributed by atoms with Crippen LogP contribution in [0.25, 0.3) is 0 Å². The number of amides is 1. The van der Waals surface area contributed by atoms with Crippen molar-refractivity contribution >= 4 is 17.5 Å². The molecule has 6 nitrogen and oxygen atoms in total. The molecular weight excluding hydrogens is 304 g/mol. The zero-order chi connectivity index (χ0) is 16.3. The Hall–Kier alpha value is -1.11. The Labute approximate surface area is 136 Å². The van der Waals surface area contributed by atoms with Gasteiger partial charge in [0.2, 0.25) is 0 Å². The van der Waals surface area contributed by atoms with Gasteiger partial charge in [0.05, 0.1) is 24.5 Å². The van der Waals surface area contributed by atoms with Crippen molar-refractivity contribution in [3.05, 3.63) is 16.4 Å². The quantitative estimate of drug-likeness (QED) is 0.892. The summed E-state index contributed by atoms with van der Waals surface area (Å²) in [7, 11) is 1.73. The van der Waals surface area contributed by atoms with Crippen LogP contribution in [0.5, 0.6) is 0 Å². The van der Waals surface area contributed by atoms with Crippen molar-refractivity contribution in [3.8, 4) is 0 Å². The van der Waals surface area contributed by atoms with Crippen LogP contribution in [0, 0.1) is 6.92 Å². The summed E-state index contributed by atoms with van der Waals surface area (Å²) in [5.41, 5.74) is 1.03. The van der Waals surface area contributed by atoms with Crippen molar-refractivity contribution in [2.75, 3.05) is 32.8 Å². The van der Waals surface area contributed by atoms with Crippen LogP contribution in [0.4, 0.5) is 0 Å². The van der Waals surface area contributed by atoms with Crippen molar-refractivity contribution in [1.29, 1.82) is 0 Å². The van der Waals surface area contributed by atoms with Gasteiger partial charge < -0.3 is 10.1 Å². The van der Waals surface area contributed by atoms with E-state index in [1.807, 2.05) is 0 Å². The number of carbonyl (C=O) groups is 1. The SMILES string of the molecule is CC[C@@](C)(CNC(=O)c1c(C)nn(C)c1Cl)N1CCOCC1. The molecule has 0 aliphatic carbocycles. The molecule has 1 saturated heterocycles. The third-order valence-electron chi connectivity index (χ3n) is 4.55. The van der Waals surface area contributed by atoms with Gasteiger partial charge in [-0.2, -0.15) is 5.10 Å². The van der Waals surface area contributed by atoms with E-state index < -0.39 is 0 Å². The minimum absolute atomic E-state index is 0.0813. The fourth-order valence-electron chi connectivity index (χ4n) is 2.81. The minimum Gasteiger partial charge on any atom is -0.379 e. The van der Waals surface area contributed by atoms with Gasteiger partial charge in [-0.1, -0.05) is 18.5 Å². The molecule has 0 aromatic carbocycles. The van der Waals surface area contributed by atoms with Crippen molar-refractivity contribution < 1.29 is 9.53 Å². The van der Waals surface area contributed by atoms with E-state index in [0.29, 0.717) is 23.0 Å². The number of ether oxygens (including phenoxy) is 1. The maximum absolute atomic E-state index is 12.5. The summed E-state index contributed by atoms with van der Waals surface area (Å²) in [5.74, 6) is -0.163. The fourth-order valence-corrected chi connectivity index (χ4v) is 3.07. The summed E-state index contributed by atoms with van der Waals surface area (Å²) >= 11 is 6.15. The Balaban J connectivity index is 2.04. The first kappa shape index (κ1) is 17.2. The van der Waals surface area contributed by atoms with Gasteiger partial charge in [-0.05, 0) is 20.3 Å². The first-order valence-electron chi connectivity index (χ1n) is 7.69. The molecule has 1 fully saturated rings. The van der Waals surface area contributed by atoms with Gasteiger partial charge in [-0.15, -0.1) is 0 Å². The third-order valence-corrected chi connectivity index (χ3v) is 4.98. The molecule has 0 radical (unpaired) electrons. The lowest BCUT2D eigenvalue weighted by Gasteiger charge is -2.43. The molecule has 0 spiro atoms. The molecule has 1 aliphatic heterocycles. The van der Waals surface area contributed by atoms with E-state index in [1.54, 1.807) is 14.0 Å². The van der Waals surface area contributed by atoms with E-state index >= 15 is 0 Å². The summed E-state index contributed by atoms with van der Waals surface area (Å²) in [4.78, 5) is 14.8. The van der Waals surface area contributed by atoms with Gasteiger partial charge in [0.15, 0.2) is 0 Å². The summed E-state index contributed by atoms with van der Waals surface area (Å²) in [6, 6.07) is 0. The first-order chi connectivity index (χ1) is 10.4.